The van der Waals surface area contributed by atoms with Crippen molar-refractivity contribution in [2.24, 2.45) is 0 Å². The van der Waals surface area contributed by atoms with Gasteiger partial charge in [0.2, 0.25) is 11.8 Å². The van der Waals surface area contributed by atoms with Crippen LogP contribution in [-0.4, -0.2) is 54.1 Å². The number of ketones is 1. The summed E-state index contributed by atoms with van der Waals surface area (Å²) in [5.74, 6) is -0.391. The molecule has 1 unspecified atom stereocenters. The van der Waals surface area contributed by atoms with Gasteiger partial charge < -0.3 is 9.80 Å². The van der Waals surface area contributed by atoms with Crippen LogP contribution in [0.4, 0.5) is 10.1 Å². The number of carbonyl (C=O) groups is 3. The monoisotopic (exact) mass is 366 g/mol. The fourth-order valence-electron chi connectivity index (χ4n) is 2.91. The van der Waals surface area contributed by atoms with E-state index in [4.69, 9.17) is 0 Å². The molecule has 5 nitrogen and oxygen atoms in total. The largest absolute Gasteiger partial charge is 0.342 e. The second-order valence-electron chi connectivity index (χ2n) is 5.78. The first kappa shape index (κ1) is 19.4. The van der Waals surface area contributed by atoms with Crippen molar-refractivity contribution < 1.29 is 18.8 Å². The standard InChI is InChI=1S/C18H23FN2O3S/c1-4-20(5-2)18(24)17-11-15(23)14-7-6-13(10-16(14)25-17)21(9-8-19)12(3)22/h6-7,10,17H,4-5,8-9,11H2,1-3H3. The molecule has 0 saturated heterocycles. The zero-order chi connectivity index (χ0) is 18.6. The molecular weight excluding hydrogens is 343 g/mol. The van der Waals surface area contributed by atoms with Crippen LogP contribution in [0, 0.1) is 0 Å². The fraction of sp³-hybridized carbons (Fsp3) is 0.500. The quantitative estimate of drug-likeness (QED) is 0.777. The first-order chi connectivity index (χ1) is 11.9. The van der Waals surface area contributed by atoms with Crippen molar-refractivity contribution in [2.75, 3.05) is 31.2 Å². The molecule has 0 N–H and O–H groups in total. The van der Waals surface area contributed by atoms with Gasteiger partial charge in [-0.05, 0) is 32.0 Å². The molecule has 0 radical (unpaired) electrons. The normalized spacial score (nSPS) is 16.3. The number of carbonyl (C=O) groups excluding carboxylic acids is 3. The van der Waals surface area contributed by atoms with E-state index in [1.807, 2.05) is 13.8 Å². The van der Waals surface area contributed by atoms with Crippen molar-refractivity contribution in [3.8, 4) is 0 Å². The summed E-state index contributed by atoms with van der Waals surface area (Å²) in [6.07, 6.45) is 0.174. The lowest BCUT2D eigenvalue weighted by molar-refractivity contribution is -0.130. The van der Waals surface area contributed by atoms with Crippen molar-refractivity contribution in [1.29, 1.82) is 0 Å². The van der Waals surface area contributed by atoms with Gasteiger partial charge in [-0.3, -0.25) is 14.4 Å². The molecule has 0 aromatic heterocycles. The minimum absolute atomic E-state index is 0.0332. The highest BCUT2D eigenvalue weighted by Crippen LogP contribution is 2.38. The molecule has 0 fully saturated rings. The number of thioether (sulfide) groups is 1. The average Bonchev–Trinajstić information content (AvgIpc) is 2.59. The third-order valence-corrected chi connectivity index (χ3v) is 5.50. The molecule has 0 bridgehead atoms. The van der Waals surface area contributed by atoms with Crippen LogP contribution in [0.5, 0.6) is 0 Å². The second kappa shape index (κ2) is 8.47. The number of fused-ring (bicyclic) bond motifs is 1. The molecule has 2 amide bonds. The highest BCUT2D eigenvalue weighted by atomic mass is 32.2. The number of amides is 2. The van der Waals surface area contributed by atoms with E-state index in [1.165, 1.54) is 23.6 Å². The number of benzene rings is 1. The molecule has 1 aliphatic heterocycles. The van der Waals surface area contributed by atoms with E-state index in [2.05, 4.69) is 0 Å². The number of halogens is 1. The Labute approximate surface area is 151 Å². The van der Waals surface area contributed by atoms with Gasteiger partial charge in [-0.25, -0.2) is 4.39 Å². The topological polar surface area (TPSA) is 57.7 Å². The minimum atomic E-state index is -0.647. The Morgan fingerprint density at radius 3 is 2.52 bits per heavy atom. The molecule has 0 spiro atoms. The van der Waals surface area contributed by atoms with E-state index in [0.717, 1.165) is 0 Å². The van der Waals surface area contributed by atoms with Crippen molar-refractivity contribution in [1.82, 2.24) is 4.90 Å². The summed E-state index contributed by atoms with van der Waals surface area (Å²) in [6, 6.07) is 5.02. The van der Waals surface area contributed by atoms with E-state index in [1.54, 1.807) is 23.1 Å². The van der Waals surface area contributed by atoms with Crippen LogP contribution in [0.25, 0.3) is 0 Å². The van der Waals surface area contributed by atoms with Crippen molar-refractivity contribution >= 4 is 35.0 Å². The lowest BCUT2D eigenvalue weighted by Crippen LogP contribution is -2.39. The number of nitrogens with zero attached hydrogens (tertiary/aromatic N) is 2. The number of rotatable bonds is 6. The molecule has 1 aromatic carbocycles. The Kier molecular flexibility index (Phi) is 6.58. The number of hydrogen-bond donors (Lipinski definition) is 0. The summed E-state index contributed by atoms with van der Waals surface area (Å²) >= 11 is 1.35. The Morgan fingerprint density at radius 1 is 1.28 bits per heavy atom. The maximum atomic E-state index is 12.7. The van der Waals surface area contributed by atoms with Crippen LogP contribution >= 0.6 is 11.8 Å². The maximum absolute atomic E-state index is 12.7. The van der Waals surface area contributed by atoms with Crippen molar-refractivity contribution in [3.63, 3.8) is 0 Å². The number of hydrogen-bond acceptors (Lipinski definition) is 4. The fourth-order valence-corrected chi connectivity index (χ4v) is 4.20. The molecule has 0 aliphatic carbocycles. The van der Waals surface area contributed by atoms with Gasteiger partial charge in [0.1, 0.15) is 6.67 Å². The van der Waals surface area contributed by atoms with Gasteiger partial charge in [0.05, 0.1) is 11.8 Å². The predicted octanol–water partition coefficient (Wildman–Crippen LogP) is 2.92. The molecule has 1 aliphatic rings. The van der Waals surface area contributed by atoms with E-state index in [9.17, 15) is 18.8 Å². The molecule has 7 heteroatoms. The van der Waals surface area contributed by atoms with Crippen molar-refractivity contribution in [2.45, 2.75) is 37.3 Å². The van der Waals surface area contributed by atoms with Gasteiger partial charge in [0.25, 0.3) is 0 Å². The third-order valence-electron chi connectivity index (χ3n) is 4.26. The molecule has 25 heavy (non-hydrogen) atoms. The summed E-state index contributed by atoms with van der Waals surface area (Å²) in [5.41, 5.74) is 1.10. The number of alkyl halides is 1. The minimum Gasteiger partial charge on any atom is -0.342 e. The predicted molar refractivity (Wildman–Crippen MR) is 97.0 cm³/mol. The number of anilines is 1. The first-order valence-electron chi connectivity index (χ1n) is 8.39. The van der Waals surface area contributed by atoms with E-state index < -0.39 is 11.9 Å². The highest BCUT2D eigenvalue weighted by molar-refractivity contribution is 8.00. The van der Waals surface area contributed by atoms with Crippen molar-refractivity contribution in [3.05, 3.63) is 23.8 Å². The maximum Gasteiger partial charge on any atom is 0.236 e. The smallest absolute Gasteiger partial charge is 0.236 e. The zero-order valence-corrected chi connectivity index (χ0v) is 15.6. The van der Waals surface area contributed by atoms with Crippen LogP contribution < -0.4 is 4.90 Å². The Bertz CT molecular complexity index is 676. The summed E-state index contributed by atoms with van der Waals surface area (Å²) < 4.78 is 12.7. The summed E-state index contributed by atoms with van der Waals surface area (Å²) in [7, 11) is 0. The molecule has 1 heterocycles. The van der Waals surface area contributed by atoms with Gasteiger partial charge in [-0.1, -0.05) is 0 Å². The van der Waals surface area contributed by atoms with E-state index in [-0.39, 0.29) is 30.6 Å². The molecule has 1 atom stereocenters. The molecule has 0 saturated carbocycles. The Morgan fingerprint density at radius 2 is 1.96 bits per heavy atom. The van der Waals surface area contributed by atoms with Crippen LogP contribution in [-0.2, 0) is 9.59 Å². The van der Waals surface area contributed by atoms with Crippen LogP contribution in [0.2, 0.25) is 0 Å². The Hall–Kier alpha value is -1.89. The zero-order valence-electron chi connectivity index (χ0n) is 14.8. The highest BCUT2D eigenvalue weighted by Gasteiger charge is 2.33. The summed E-state index contributed by atoms with van der Waals surface area (Å²) in [5, 5.41) is -0.456. The number of Topliss-reactive ketones (excluding diaryl/α,β-unsaturated/α-hetero) is 1. The summed E-state index contributed by atoms with van der Waals surface area (Å²) in [6.45, 7) is 5.71. The van der Waals surface area contributed by atoms with Gasteiger partial charge in [0.15, 0.2) is 5.78 Å². The van der Waals surface area contributed by atoms with Crippen LogP contribution in [0.15, 0.2) is 23.1 Å². The van der Waals surface area contributed by atoms with Crippen LogP contribution in [0.3, 0.4) is 0 Å². The first-order valence-corrected chi connectivity index (χ1v) is 9.27. The third kappa shape index (κ3) is 4.21. The van der Waals surface area contributed by atoms with E-state index in [0.29, 0.717) is 29.2 Å². The SMILES string of the molecule is CCN(CC)C(=O)C1CC(=O)c2ccc(N(CCF)C(C)=O)cc2S1. The lowest BCUT2D eigenvalue weighted by atomic mass is 10.0. The molecule has 136 valence electrons. The second-order valence-corrected chi connectivity index (χ2v) is 7.03. The summed E-state index contributed by atoms with van der Waals surface area (Å²) in [4.78, 5) is 40.4. The lowest BCUT2D eigenvalue weighted by Gasteiger charge is -2.29. The Balaban J connectivity index is 2.32. The van der Waals surface area contributed by atoms with Gasteiger partial charge in [-0.15, -0.1) is 11.8 Å². The van der Waals surface area contributed by atoms with Gasteiger partial charge >= 0.3 is 0 Å². The van der Waals surface area contributed by atoms with Gasteiger partial charge in [-0.2, -0.15) is 0 Å². The average molecular weight is 366 g/mol. The van der Waals surface area contributed by atoms with Crippen LogP contribution in [0.1, 0.15) is 37.6 Å². The van der Waals surface area contributed by atoms with Gasteiger partial charge in [0, 0.05) is 42.6 Å². The van der Waals surface area contributed by atoms with E-state index >= 15 is 0 Å². The molecule has 2 rings (SSSR count). The molecular formula is C18H23FN2O3S. The molecule has 1 aromatic rings.